The molecule has 2 aliphatic heterocycles. The van der Waals surface area contributed by atoms with Crippen molar-refractivity contribution in [2.45, 2.75) is 38.0 Å². The first-order valence-electron chi connectivity index (χ1n) is 9.88. The summed E-state index contributed by atoms with van der Waals surface area (Å²) >= 11 is 0. The number of cyclic esters (lactones) is 1. The molecule has 0 bridgehead atoms. The topological polar surface area (TPSA) is 111 Å². The SMILES string of the molecule is CC1C(c2ccccc2)OC(=O)N1C1CCN(C(=O)c2cnn(C)c2[N+](=O)[O-])CC1. The molecule has 2 fully saturated rings. The van der Waals surface area contributed by atoms with Gasteiger partial charge in [-0.05, 0) is 30.3 Å². The fraction of sp³-hybridized carbons (Fsp3) is 0.450. The first-order chi connectivity index (χ1) is 14.4. The van der Waals surface area contributed by atoms with Crippen molar-refractivity contribution in [1.82, 2.24) is 19.6 Å². The molecule has 1 aromatic heterocycles. The smallest absolute Gasteiger partial charge is 0.411 e. The summed E-state index contributed by atoms with van der Waals surface area (Å²) < 4.78 is 6.72. The number of nitrogens with zero attached hydrogens (tertiary/aromatic N) is 5. The number of hydrogen-bond acceptors (Lipinski definition) is 6. The third-order valence-electron chi connectivity index (χ3n) is 5.90. The summed E-state index contributed by atoms with van der Waals surface area (Å²) in [6.07, 6.45) is 1.73. The van der Waals surface area contributed by atoms with Crippen LogP contribution in [0.1, 0.15) is 41.8 Å². The third-order valence-corrected chi connectivity index (χ3v) is 5.90. The maximum Gasteiger partial charge on any atom is 0.411 e. The summed E-state index contributed by atoms with van der Waals surface area (Å²) in [5.41, 5.74) is 0.941. The van der Waals surface area contributed by atoms with Gasteiger partial charge in [-0.15, -0.1) is 4.68 Å². The number of aryl methyl sites for hydroxylation is 1. The second kappa shape index (κ2) is 7.77. The highest BCUT2D eigenvalue weighted by molar-refractivity contribution is 5.97. The van der Waals surface area contributed by atoms with E-state index < -0.39 is 10.8 Å². The Morgan fingerprint density at radius 2 is 1.90 bits per heavy atom. The molecule has 2 saturated heterocycles. The van der Waals surface area contributed by atoms with Gasteiger partial charge in [0.1, 0.15) is 13.2 Å². The predicted molar refractivity (Wildman–Crippen MR) is 106 cm³/mol. The highest BCUT2D eigenvalue weighted by Gasteiger charge is 2.44. The van der Waals surface area contributed by atoms with Crippen LogP contribution in [0.4, 0.5) is 10.6 Å². The Bertz CT molecular complexity index is 967. The van der Waals surface area contributed by atoms with E-state index in [9.17, 15) is 19.7 Å². The van der Waals surface area contributed by atoms with Gasteiger partial charge in [0.2, 0.25) is 0 Å². The van der Waals surface area contributed by atoms with Crippen molar-refractivity contribution in [3.8, 4) is 0 Å². The number of benzene rings is 1. The molecular weight excluding hydrogens is 390 g/mol. The van der Waals surface area contributed by atoms with Crippen molar-refractivity contribution < 1.29 is 19.2 Å². The zero-order valence-electron chi connectivity index (χ0n) is 16.8. The van der Waals surface area contributed by atoms with E-state index >= 15 is 0 Å². The molecule has 0 radical (unpaired) electrons. The number of ether oxygens (including phenoxy) is 1. The van der Waals surface area contributed by atoms with Crippen LogP contribution in [0.3, 0.4) is 0 Å². The Hall–Kier alpha value is -3.43. The van der Waals surface area contributed by atoms with E-state index in [4.69, 9.17) is 4.74 Å². The second-order valence-electron chi connectivity index (χ2n) is 7.65. The van der Waals surface area contributed by atoms with Crippen molar-refractivity contribution in [2.75, 3.05) is 13.1 Å². The molecule has 4 rings (SSSR count). The maximum atomic E-state index is 12.8. The van der Waals surface area contributed by atoms with Crippen LogP contribution in [-0.4, -0.2) is 61.7 Å². The number of aromatic nitrogens is 2. The van der Waals surface area contributed by atoms with Gasteiger partial charge in [0, 0.05) is 19.1 Å². The van der Waals surface area contributed by atoms with E-state index in [1.165, 1.54) is 13.2 Å². The fourth-order valence-corrected chi connectivity index (χ4v) is 4.37. The lowest BCUT2D eigenvalue weighted by atomic mass is 9.98. The van der Waals surface area contributed by atoms with Gasteiger partial charge in [0.05, 0.1) is 12.2 Å². The van der Waals surface area contributed by atoms with Gasteiger partial charge < -0.3 is 19.8 Å². The van der Waals surface area contributed by atoms with Crippen LogP contribution in [0.15, 0.2) is 36.5 Å². The van der Waals surface area contributed by atoms with Crippen LogP contribution in [0.25, 0.3) is 0 Å². The zero-order chi connectivity index (χ0) is 21.4. The van der Waals surface area contributed by atoms with Crippen molar-refractivity contribution in [1.29, 1.82) is 0 Å². The summed E-state index contributed by atoms with van der Waals surface area (Å²) in [4.78, 5) is 39.4. The number of piperidine rings is 1. The normalized spacial score (nSPS) is 22.3. The van der Waals surface area contributed by atoms with Crippen molar-refractivity contribution in [2.24, 2.45) is 7.05 Å². The van der Waals surface area contributed by atoms with E-state index in [1.54, 1.807) is 9.80 Å². The van der Waals surface area contributed by atoms with Crippen LogP contribution in [0, 0.1) is 10.1 Å². The first kappa shape index (κ1) is 19.9. The Morgan fingerprint density at radius 1 is 1.23 bits per heavy atom. The molecule has 0 N–H and O–H groups in total. The largest absolute Gasteiger partial charge is 0.439 e. The maximum absolute atomic E-state index is 12.8. The summed E-state index contributed by atoms with van der Waals surface area (Å²) in [7, 11) is 1.44. The molecule has 3 heterocycles. The van der Waals surface area contributed by atoms with E-state index in [-0.39, 0.29) is 35.7 Å². The van der Waals surface area contributed by atoms with E-state index in [1.807, 2.05) is 37.3 Å². The number of hydrogen-bond donors (Lipinski definition) is 0. The quantitative estimate of drug-likeness (QED) is 0.563. The average molecular weight is 413 g/mol. The molecule has 2 atom stereocenters. The van der Waals surface area contributed by atoms with E-state index in [0.29, 0.717) is 25.9 Å². The summed E-state index contributed by atoms with van der Waals surface area (Å²) in [5, 5.41) is 15.1. The average Bonchev–Trinajstić information content (AvgIpc) is 3.27. The standard InChI is InChI=1S/C20H23N5O5/c1-13-17(14-6-4-3-5-7-14)30-20(27)24(13)15-8-10-23(11-9-15)19(26)16-12-21-22(2)18(16)25(28)29/h3-7,12-13,15,17H,8-11H2,1-2H3. The molecular formula is C20H23N5O5. The summed E-state index contributed by atoms with van der Waals surface area (Å²) in [6, 6.07) is 9.48. The van der Waals surface area contributed by atoms with Gasteiger partial charge >= 0.3 is 11.9 Å². The minimum Gasteiger partial charge on any atom is -0.439 e. The molecule has 2 aliphatic rings. The Morgan fingerprint density at radius 3 is 2.53 bits per heavy atom. The molecule has 1 aromatic carbocycles. The Kier molecular flexibility index (Phi) is 5.15. The Balaban J connectivity index is 1.43. The van der Waals surface area contributed by atoms with Crippen molar-refractivity contribution in [3.63, 3.8) is 0 Å². The highest BCUT2D eigenvalue weighted by Crippen LogP contribution is 2.36. The first-order valence-corrected chi connectivity index (χ1v) is 9.88. The number of amides is 2. The van der Waals surface area contributed by atoms with E-state index in [0.717, 1.165) is 10.2 Å². The monoisotopic (exact) mass is 413 g/mol. The van der Waals surface area contributed by atoms with Gasteiger partial charge in [-0.25, -0.2) is 4.79 Å². The van der Waals surface area contributed by atoms with Crippen LogP contribution >= 0.6 is 0 Å². The van der Waals surface area contributed by atoms with E-state index in [2.05, 4.69) is 5.10 Å². The van der Waals surface area contributed by atoms with Gasteiger partial charge in [-0.3, -0.25) is 9.69 Å². The second-order valence-corrected chi connectivity index (χ2v) is 7.65. The van der Waals surface area contributed by atoms with Crippen LogP contribution < -0.4 is 0 Å². The molecule has 0 spiro atoms. The van der Waals surface area contributed by atoms with Crippen LogP contribution in [0.2, 0.25) is 0 Å². The summed E-state index contributed by atoms with van der Waals surface area (Å²) in [6.45, 7) is 2.78. The molecule has 2 amide bonds. The molecule has 2 unspecified atom stereocenters. The predicted octanol–water partition coefficient (Wildman–Crippen LogP) is 2.51. The molecule has 158 valence electrons. The minimum absolute atomic E-state index is 0.0148. The molecule has 0 saturated carbocycles. The van der Waals surface area contributed by atoms with Gasteiger partial charge in [0.25, 0.3) is 5.91 Å². The number of rotatable bonds is 4. The zero-order valence-corrected chi connectivity index (χ0v) is 16.8. The van der Waals surface area contributed by atoms with Crippen molar-refractivity contribution in [3.05, 3.63) is 57.8 Å². The number of carbonyl (C=O) groups is 2. The highest BCUT2D eigenvalue weighted by atomic mass is 16.6. The number of nitro groups is 1. The molecule has 10 heteroatoms. The van der Waals surface area contributed by atoms with Crippen molar-refractivity contribution >= 4 is 17.8 Å². The lowest BCUT2D eigenvalue weighted by Crippen LogP contribution is -2.49. The van der Waals surface area contributed by atoms with Gasteiger partial charge in [0.15, 0.2) is 5.56 Å². The Labute approximate surface area is 173 Å². The minimum atomic E-state index is -0.599. The van der Waals surface area contributed by atoms with Crippen LogP contribution in [-0.2, 0) is 11.8 Å². The molecule has 2 aromatic rings. The number of carbonyl (C=O) groups excluding carboxylic acids is 2. The summed E-state index contributed by atoms with van der Waals surface area (Å²) in [5.74, 6) is -0.725. The molecule has 30 heavy (non-hydrogen) atoms. The van der Waals surface area contributed by atoms with Gasteiger partial charge in [-0.2, -0.15) is 0 Å². The van der Waals surface area contributed by atoms with Gasteiger partial charge in [-0.1, -0.05) is 35.4 Å². The lowest BCUT2D eigenvalue weighted by molar-refractivity contribution is -0.392. The van der Waals surface area contributed by atoms with Crippen LogP contribution in [0.5, 0.6) is 0 Å². The number of likely N-dealkylation sites (tertiary alicyclic amines) is 1. The molecule has 0 aliphatic carbocycles. The molecule has 10 nitrogen and oxygen atoms in total. The third kappa shape index (κ3) is 3.38. The fourth-order valence-electron chi connectivity index (χ4n) is 4.37. The lowest BCUT2D eigenvalue weighted by Gasteiger charge is -2.37.